The topological polar surface area (TPSA) is 61.9 Å². The fourth-order valence-corrected chi connectivity index (χ4v) is 3.95. The van der Waals surface area contributed by atoms with Gasteiger partial charge in [-0.2, -0.15) is 0 Å². The van der Waals surface area contributed by atoms with Crippen molar-refractivity contribution in [2.24, 2.45) is 0 Å². The molecule has 1 saturated heterocycles. The second kappa shape index (κ2) is 9.56. The van der Waals surface area contributed by atoms with Gasteiger partial charge in [0.1, 0.15) is 0 Å². The third kappa shape index (κ3) is 5.35. The van der Waals surface area contributed by atoms with E-state index in [4.69, 9.17) is 4.74 Å². The number of urea groups is 1. The molecule has 154 valence electrons. The molecule has 1 aliphatic heterocycles. The third-order valence-corrected chi connectivity index (χ3v) is 5.30. The standard InChI is InChI=1S/C23H29N3O3/c1-17-14-25(16-20-9-11-21(12-10-20)22(27)29-3)15-18(2)26(17)23(28)24-13-19-7-5-4-6-8-19/h4-12,17-18H,13-16H2,1-3H3,(H,24,28)/t17-,18+. The first-order valence-electron chi connectivity index (χ1n) is 9.97. The van der Waals surface area contributed by atoms with Gasteiger partial charge in [0.25, 0.3) is 0 Å². The lowest BCUT2D eigenvalue weighted by Gasteiger charge is -2.44. The Kier molecular flexibility index (Phi) is 6.88. The number of nitrogens with one attached hydrogen (secondary N) is 1. The molecule has 2 atom stereocenters. The van der Waals surface area contributed by atoms with Crippen LogP contribution in [0.25, 0.3) is 0 Å². The highest BCUT2D eigenvalue weighted by Gasteiger charge is 2.32. The Balaban J connectivity index is 1.55. The molecule has 0 saturated carbocycles. The van der Waals surface area contributed by atoms with Crippen molar-refractivity contribution in [2.45, 2.75) is 39.0 Å². The second-order valence-corrected chi connectivity index (χ2v) is 7.63. The normalized spacial score (nSPS) is 19.6. The predicted molar refractivity (Wildman–Crippen MR) is 112 cm³/mol. The fourth-order valence-electron chi connectivity index (χ4n) is 3.95. The monoisotopic (exact) mass is 395 g/mol. The Morgan fingerprint density at radius 3 is 2.17 bits per heavy atom. The van der Waals surface area contributed by atoms with Gasteiger partial charge in [0.2, 0.25) is 0 Å². The van der Waals surface area contributed by atoms with Crippen molar-refractivity contribution >= 4 is 12.0 Å². The highest BCUT2D eigenvalue weighted by molar-refractivity contribution is 5.89. The maximum Gasteiger partial charge on any atom is 0.337 e. The van der Waals surface area contributed by atoms with E-state index in [0.29, 0.717) is 12.1 Å². The van der Waals surface area contributed by atoms with Crippen molar-refractivity contribution in [3.63, 3.8) is 0 Å². The predicted octanol–water partition coefficient (Wildman–Crippen LogP) is 3.28. The number of benzene rings is 2. The maximum absolute atomic E-state index is 12.7. The fraction of sp³-hybridized carbons (Fsp3) is 0.391. The molecule has 0 radical (unpaired) electrons. The van der Waals surface area contributed by atoms with Crippen LogP contribution in [-0.4, -0.2) is 54.1 Å². The highest BCUT2D eigenvalue weighted by atomic mass is 16.5. The highest BCUT2D eigenvalue weighted by Crippen LogP contribution is 2.19. The van der Waals surface area contributed by atoms with E-state index in [1.54, 1.807) is 12.1 Å². The van der Waals surface area contributed by atoms with Crippen molar-refractivity contribution in [3.8, 4) is 0 Å². The Bertz CT molecular complexity index is 811. The molecule has 6 heteroatoms. The van der Waals surface area contributed by atoms with Crippen LogP contribution < -0.4 is 5.32 Å². The maximum atomic E-state index is 12.7. The second-order valence-electron chi connectivity index (χ2n) is 7.63. The summed E-state index contributed by atoms with van der Waals surface area (Å²) in [6.45, 7) is 7.11. The number of methoxy groups -OCH3 is 1. The van der Waals surface area contributed by atoms with Gasteiger partial charge in [0.05, 0.1) is 12.7 Å². The molecular formula is C23H29N3O3. The van der Waals surface area contributed by atoms with Crippen LogP contribution in [0.1, 0.15) is 35.3 Å². The van der Waals surface area contributed by atoms with Gasteiger partial charge in [-0.1, -0.05) is 42.5 Å². The summed E-state index contributed by atoms with van der Waals surface area (Å²) in [5, 5.41) is 3.04. The first kappa shape index (κ1) is 20.9. The number of carbonyl (C=O) groups excluding carboxylic acids is 2. The van der Waals surface area contributed by atoms with Gasteiger partial charge in [-0.3, -0.25) is 4.90 Å². The number of amides is 2. The smallest absolute Gasteiger partial charge is 0.337 e. The van der Waals surface area contributed by atoms with E-state index < -0.39 is 0 Å². The summed E-state index contributed by atoms with van der Waals surface area (Å²) in [6.07, 6.45) is 0. The number of hydrogen-bond acceptors (Lipinski definition) is 4. The Labute approximate surface area is 172 Å². The van der Waals surface area contributed by atoms with Crippen molar-refractivity contribution in [1.29, 1.82) is 0 Å². The van der Waals surface area contributed by atoms with Gasteiger partial charge in [-0.05, 0) is 37.1 Å². The summed E-state index contributed by atoms with van der Waals surface area (Å²) in [5.41, 5.74) is 2.78. The van der Waals surface area contributed by atoms with Crippen LogP contribution in [-0.2, 0) is 17.8 Å². The zero-order valence-corrected chi connectivity index (χ0v) is 17.3. The van der Waals surface area contributed by atoms with Gasteiger partial charge in [-0.15, -0.1) is 0 Å². The molecule has 2 amide bonds. The molecule has 1 aliphatic rings. The third-order valence-electron chi connectivity index (χ3n) is 5.30. The van der Waals surface area contributed by atoms with E-state index in [2.05, 4.69) is 24.1 Å². The lowest BCUT2D eigenvalue weighted by atomic mass is 10.1. The van der Waals surface area contributed by atoms with E-state index in [1.165, 1.54) is 7.11 Å². The Morgan fingerprint density at radius 1 is 0.966 bits per heavy atom. The van der Waals surface area contributed by atoms with E-state index in [-0.39, 0.29) is 24.1 Å². The average Bonchev–Trinajstić information content (AvgIpc) is 2.72. The van der Waals surface area contributed by atoms with Crippen molar-refractivity contribution in [1.82, 2.24) is 15.1 Å². The molecule has 0 aromatic heterocycles. The van der Waals surface area contributed by atoms with E-state index in [9.17, 15) is 9.59 Å². The van der Waals surface area contributed by atoms with Crippen LogP contribution in [0.2, 0.25) is 0 Å². The van der Waals surface area contributed by atoms with Crippen LogP contribution in [0.4, 0.5) is 4.79 Å². The largest absolute Gasteiger partial charge is 0.465 e. The van der Waals surface area contributed by atoms with E-state index in [0.717, 1.165) is 30.8 Å². The quantitative estimate of drug-likeness (QED) is 0.790. The zero-order valence-electron chi connectivity index (χ0n) is 17.3. The van der Waals surface area contributed by atoms with Crippen LogP contribution in [0.15, 0.2) is 54.6 Å². The molecule has 0 spiro atoms. The SMILES string of the molecule is COC(=O)c1ccc(CN2C[C@@H](C)N(C(=O)NCc3ccccc3)[C@@H](C)C2)cc1. The van der Waals surface area contributed by atoms with E-state index >= 15 is 0 Å². The van der Waals surface area contributed by atoms with Crippen molar-refractivity contribution in [3.05, 3.63) is 71.3 Å². The van der Waals surface area contributed by atoms with Gasteiger partial charge < -0.3 is 15.0 Å². The number of piperazine rings is 1. The minimum Gasteiger partial charge on any atom is -0.465 e. The summed E-state index contributed by atoms with van der Waals surface area (Å²) in [5.74, 6) is -0.325. The molecule has 3 rings (SSSR count). The summed E-state index contributed by atoms with van der Waals surface area (Å²) < 4.78 is 4.74. The zero-order chi connectivity index (χ0) is 20.8. The molecule has 1 N–H and O–H groups in total. The lowest BCUT2D eigenvalue weighted by Crippen LogP contribution is -2.60. The number of hydrogen-bond donors (Lipinski definition) is 1. The molecule has 0 unspecified atom stereocenters. The number of nitrogens with zero attached hydrogens (tertiary/aromatic N) is 2. The summed E-state index contributed by atoms with van der Waals surface area (Å²) in [4.78, 5) is 28.6. The van der Waals surface area contributed by atoms with Crippen LogP contribution in [0.5, 0.6) is 0 Å². The van der Waals surface area contributed by atoms with E-state index in [1.807, 2.05) is 47.4 Å². The van der Waals surface area contributed by atoms with Crippen LogP contribution in [0, 0.1) is 0 Å². The number of rotatable bonds is 5. The van der Waals surface area contributed by atoms with Crippen LogP contribution >= 0.6 is 0 Å². The van der Waals surface area contributed by atoms with Gasteiger partial charge >= 0.3 is 12.0 Å². The summed E-state index contributed by atoms with van der Waals surface area (Å²) in [7, 11) is 1.38. The molecule has 29 heavy (non-hydrogen) atoms. The van der Waals surface area contributed by atoms with Gasteiger partial charge in [-0.25, -0.2) is 9.59 Å². The number of esters is 1. The number of carbonyl (C=O) groups is 2. The molecular weight excluding hydrogens is 366 g/mol. The minimum absolute atomic E-state index is 0.0177. The molecule has 6 nitrogen and oxygen atoms in total. The first-order valence-corrected chi connectivity index (χ1v) is 9.97. The average molecular weight is 396 g/mol. The summed E-state index contributed by atoms with van der Waals surface area (Å²) in [6, 6.07) is 17.7. The van der Waals surface area contributed by atoms with Gasteiger partial charge in [0, 0.05) is 38.3 Å². The molecule has 1 fully saturated rings. The Morgan fingerprint density at radius 2 is 1.59 bits per heavy atom. The summed E-state index contributed by atoms with van der Waals surface area (Å²) >= 11 is 0. The molecule has 1 heterocycles. The minimum atomic E-state index is -0.325. The van der Waals surface area contributed by atoms with Crippen LogP contribution in [0.3, 0.4) is 0 Å². The van der Waals surface area contributed by atoms with Crippen molar-refractivity contribution in [2.75, 3.05) is 20.2 Å². The first-order chi connectivity index (χ1) is 14.0. The Hall–Kier alpha value is -2.86. The molecule has 2 aromatic rings. The lowest BCUT2D eigenvalue weighted by molar-refractivity contribution is 0.0599. The molecule has 0 bridgehead atoms. The van der Waals surface area contributed by atoms with Gasteiger partial charge in [0.15, 0.2) is 0 Å². The van der Waals surface area contributed by atoms with Crippen molar-refractivity contribution < 1.29 is 14.3 Å². The molecule has 2 aromatic carbocycles. The number of ether oxygens (including phenoxy) is 1. The molecule has 0 aliphatic carbocycles.